The Hall–Kier alpha value is -0.870. The highest BCUT2D eigenvalue weighted by Gasteiger charge is 2.15. The van der Waals surface area contributed by atoms with Crippen LogP contribution in [0.3, 0.4) is 0 Å². The summed E-state index contributed by atoms with van der Waals surface area (Å²) in [6.45, 7) is 2.46. The summed E-state index contributed by atoms with van der Waals surface area (Å²) in [5, 5.41) is 0. The Balaban J connectivity index is 2.79. The number of carbonyl (C=O) groups excluding carboxylic acids is 1. The molecule has 94 valence electrons. The molecule has 1 aromatic rings. The molecule has 1 unspecified atom stereocenters. The number of Topliss-reactive ketones (excluding diaryl/α,β-unsaturated/α-hetero) is 1. The van der Waals surface area contributed by atoms with E-state index in [1.807, 2.05) is 25.1 Å². The van der Waals surface area contributed by atoms with E-state index in [0.29, 0.717) is 13.0 Å². The van der Waals surface area contributed by atoms with E-state index in [1.54, 1.807) is 7.11 Å². The predicted octanol–water partition coefficient (Wildman–Crippen LogP) is 2.55. The summed E-state index contributed by atoms with van der Waals surface area (Å²) in [5.74, 6) is 0.956. The van der Waals surface area contributed by atoms with Crippen LogP contribution < -0.4 is 10.5 Å². The molecular weight excluding hydrogens is 282 g/mol. The van der Waals surface area contributed by atoms with Gasteiger partial charge in [0.2, 0.25) is 0 Å². The van der Waals surface area contributed by atoms with E-state index in [4.69, 9.17) is 10.5 Å². The van der Waals surface area contributed by atoms with Gasteiger partial charge in [-0.1, -0.05) is 22.9 Å². The molecule has 0 radical (unpaired) electrons. The van der Waals surface area contributed by atoms with Crippen LogP contribution in [0, 0.1) is 5.92 Å². The lowest BCUT2D eigenvalue weighted by molar-refractivity contribution is -0.121. The molecule has 0 saturated heterocycles. The van der Waals surface area contributed by atoms with Gasteiger partial charge in [-0.2, -0.15) is 0 Å². The first-order valence-electron chi connectivity index (χ1n) is 5.63. The topological polar surface area (TPSA) is 52.3 Å². The quantitative estimate of drug-likeness (QED) is 0.878. The molecule has 0 heterocycles. The van der Waals surface area contributed by atoms with Crippen molar-refractivity contribution in [3.05, 3.63) is 28.2 Å². The van der Waals surface area contributed by atoms with Crippen LogP contribution in [0.25, 0.3) is 0 Å². The van der Waals surface area contributed by atoms with Gasteiger partial charge >= 0.3 is 0 Å². The summed E-state index contributed by atoms with van der Waals surface area (Å²) in [5.41, 5.74) is 6.37. The van der Waals surface area contributed by atoms with Gasteiger partial charge in [0.15, 0.2) is 0 Å². The lowest BCUT2D eigenvalue weighted by Gasteiger charge is -2.12. The Morgan fingerprint density at radius 2 is 2.24 bits per heavy atom. The number of methoxy groups -OCH3 is 1. The van der Waals surface area contributed by atoms with Crippen molar-refractivity contribution in [2.24, 2.45) is 11.7 Å². The summed E-state index contributed by atoms with van der Waals surface area (Å²) >= 11 is 3.40. The van der Waals surface area contributed by atoms with Crippen LogP contribution in [0.4, 0.5) is 0 Å². The van der Waals surface area contributed by atoms with Gasteiger partial charge in [-0.25, -0.2) is 0 Å². The summed E-state index contributed by atoms with van der Waals surface area (Å²) < 4.78 is 6.19. The van der Waals surface area contributed by atoms with E-state index < -0.39 is 0 Å². The second-order valence-electron chi connectivity index (χ2n) is 4.08. The lowest BCUT2D eigenvalue weighted by atomic mass is 9.96. The molecule has 3 nitrogen and oxygen atoms in total. The lowest BCUT2D eigenvalue weighted by Crippen LogP contribution is -2.17. The summed E-state index contributed by atoms with van der Waals surface area (Å²) in [6, 6.07) is 5.68. The SMILES string of the molecule is COc1ccc(Br)cc1CC(=O)C(C)CCN. The van der Waals surface area contributed by atoms with E-state index in [2.05, 4.69) is 15.9 Å². The fourth-order valence-corrected chi connectivity index (χ4v) is 2.07. The summed E-state index contributed by atoms with van der Waals surface area (Å²) in [6.07, 6.45) is 1.12. The number of hydrogen-bond donors (Lipinski definition) is 1. The molecular formula is C13H18BrNO2. The van der Waals surface area contributed by atoms with Crippen molar-refractivity contribution < 1.29 is 9.53 Å². The molecule has 0 aliphatic heterocycles. The normalized spacial score (nSPS) is 12.2. The maximum absolute atomic E-state index is 12.0. The number of carbonyl (C=O) groups is 1. The molecule has 17 heavy (non-hydrogen) atoms. The van der Waals surface area contributed by atoms with Crippen LogP contribution in [0.1, 0.15) is 18.9 Å². The first-order valence-corrected chi connectivity index (χ1v) is 6.43. The van der Waals surface area contributed by atoms with Gasteiger partial charge in [0.1, 0.15) is 11.5 Å². The number of ketones is 1. The van der Waals surface area contributed by atoms with Crippen molar-refractivity contribution in [2.45, 2.75) is 19.8 Å². The Morgan fingerprint density at radius 3 is 2.82 bits per heavy atom. The van der Waals surface area contributed by atoms with Gasteiger partial charge < -0.3 is 10.5 Å². The molecule has 2 N–H and O–H groups in total. The van der Waals surface area contributed by atoms with E-state index in [-0.39, 0.29) is 11.7 Å². The molecule has 1 atom stereocenters. The molecule has 0 amide bonds. The van der Waals surface area contributed by atoms with Crippen LogP contribution in [0.5, 0.6) is 5.75 Å². The first-order chi connectivity index (χ1) is 8.08. The number of ether oxygens (including phenoxy) is 1. The van der Waals surface area contributed by atoms with Crippen LogP contribution in [0.15, 0.2) is 22.7 Å². The molecule has 0 bridgehead atoms. The average molecular weight is 300 g/mol. The minimum atomic E-state index is 0.00341. The van der Waals surface area contributed by atoms with Gasteiger partial charge in [-0.05, 0) is 31.2 Å². The average Bonchev–Trinajstić information content (AvgIpc) is 2.29. The molecule has 1 aromatic carbocycles. The van der Waals surface area contributed by atoms with Gasteiger partial charge in [-0.15, -0.1) is 0 Å². The molecule has 0 aromatic heterocycles. The van der Waals surface area contributed by atoms with Crippen molar-refractivity contribution in [1.29, 1.82) is 0 Å². The van der Waals surface area contributed by atoms with Crippen LogP contribution >= 0.6 is 15.9 Å². The van der Waals surface area contributed by atoms with Crippen LogP contribution in [-0.4, -0.2) is 19.4 Å². The van der Waals surface area contributed by atoms with E-state index in [1.165, 1.54) is 0 Å². The Labute approximate surface area is 110 Å². The van der Waals surface area contributed by atoms with Crippen molar-refractivity contribution in [3.63, 3.8) is 0 Å². The zero-order valence-corrected chi connectivity index (χ0v) is 11.8. The molecule has 0 spiro atoms. The highest BCUT2D eigenvalue weighted by atomic mass is 79.9. The van der Waals surface area contributed by atoms with Crippen molar-refractivity contribution in [3.8, 4) is 5.75 Å². The van der Waals surface area contributed by atoms with Gasteiger partial charge in [-0.3, -0.25) is 4.79 Å². The highest BCUT2D eigenvalue weighted by molar-refractivity contribution is 9.10. The first kappa shape index (κ1) is 14.2. The van der Waals surface area contributed by atoms with Crippen molar-refractivity contribution in [2.75, 3.05) is 13.7 Å². The largest absolute Gasteiger partial charge is 0.496 e. The van der Waals surface area contributed by atoms with Crippen LogP contribution in [-0.2, 0) is 11.2 Å². The Morgan fingerprint density at radius 1 is 1.53 bits per heavy atom. The smallest absolute Gasteiger partial charge is 0.140 e. The molecule has 1 rings (SSSR count). The Kier molecular flexibility index (Phi) is 5.65. The van der Waals surface area contributed by atoms with Crippen LogP contribution in [0.2, 0.25) is 0 Å². The second kappa shape index (κ2) is 6.77. The molecule has 0 saturated carbocycles. The standard InChI is InChI=1S/C13H18BrNO2/c1-9(5-6-15)12(16)8-10-7-11(14)3-4-13(10)17-2/h3-4,7,9H,5-6,8,15H2,1-2H3. The number of benzene rings is 1. The van der Waals surface area contributed by atoms with E-state index in [0.717, 1.165) is 22.2 Å². The van der Waals surface area contributed by atoms with Crippen molar-refractivity contribution >= 4 is 21.7 Å². The highest BCUT2D eigenvalue weighted by Crippen LogP contribution is 2.24. The van der Waals surface area contributed by atoms with Gasteiger partial charge in [0.25, 0.3) is 0 Å². The number of nitrogens with two attached hydrogens (primary N) is 1. The summed E-state index contributed by atoms with van der Waals surface area (Å²) in [7, 11) is 1.61. The Bertz CT molecular complexity index is 393. The second-order valence-corrected chi connectivity index (χ2v) is 4.99. The monoisotopic (exact) mass is 299 g/mol. The predicted molar refractivity (Wildman–Crippen MR) is 72.2 cm³/mol. The number of rotatable bonds is 6. The van der Waals surface area contributed by atoms with Gasteiger partial charge in [0.05, 0.1) is 7.11 Å². The zero-order valence-electron chi connectivity index (χ0n) is 10.2. The van der Waals surface area contributed by atoms with Crippen molar-refractivity contribution in [1.82, 2.24) is 0 Å². The minimum absolute atomic E-state index is 0.00341. The minimum Gasteiger partial charge on any atom is -0.496 e. The molecule has 4 heteroatoms. The molecule has 0 aliphatic carbocycles. The summed E-state index contributed by atoms with van der Waals surface area (Å²) in [4.78, 5) is 12.0. The molecule has 0 fully saturated rings. The fourth-order valence-electron chi connectivity index (χ4n) is 1.66. The number of halogens is 1. The number of hydrogen-bond acceptors (Lipinski definition) is 3. The maximum Gasteiger partial charge on any atom is 0.140 e. The maximum atomic E-state index is 12.0. The molecule has 0 aliphatic rings. The zero-order chi connectivity index (χ0) is 12.8. The van der Waals surface area contributed by atoms with Gasteiger partial charge in [0, 0.05) is 22.4 Å². The van der Waals surface area contributed by atoms with E-state index >= 15 is 0 Å². The van der Waals surface area contributed by atoms with E-state index in [9.17, 15) is 4.79 Å². The fraction of sp³-hybridized carbons (Fsp3) is 0.462. The third kappa shape index (κ3) is 4.13. The third-order valence-corrected chi connectivity index (χ3v) is 3.25. The third-order valence-electron chi connectivity index (χ3n) is 2.76.